The van der Waals surface area contributed by atoms with E-state index in [0.29, 0.717) is 6.54 Å². The average Bonchev–Trinajstić information content (AvgIpc) is 2.81. The van der Waals surface area contributed by atoms with Crippen LogP contribution in [0.2, 0.25) is 0 Å². The van der Waals surface area contributed by atoms with Gasteiger partial charge in [-0.2, -0.15) is 0 Å². The van der Waals surface area contributed by atoms with Crippen molar-refractivity contribution in [3.05, 3.63) is 24.5 Å². The van der Waals surface area contributed by atoms with Crippen LogP contribution in [0.15, 0.2) is 29.7 Å². The van der Waals surface area contributed by atoms with Crippen LogP contribution < -0.4 is 5.32 Å². The Labute approximate surface area is 122 Å². The van der Waals surface area contributed by atoms with Crippen molar-refractivity contribution >= 4 is 17.7 Å². The van der Waals surface area contributed by atoms with E-state index in [9.17, 15) is 4.79 Å². The lowest BCUT2D eigenvalue weighted by atomic mass is 10.2. The third-order valence-corrected chi connectivity index (χ3v) is 3.91. The number of hydrogen-bond donors (Lipinski definition) is 1. The van der Waals surface area contributed by atoms with Gasteiger partial charge in [0.1, 0.15) is 0 Å². The summed E-state index contributed by atoms with van der Waals surface area (Å²) in [6.45, 7) is 4.39. The summed E-state index contributed by atoms with van der Waals surface area (Å²) in [6.07, 6.45) is 3.43. The van der Waals surface area contributed by atoms with Gasteiger partial charge in [-0.3, -0.25) is 9.78 Å². The largest absolute Gasteiger partial charge is 0.355 e. The maximum absolute atomic E-state index is 11.7. The Hall–Kier alpha value is -1.89. The van der Waals surface area contributed by atoms with Crippen LogP contribution in [0.4, 0.5) is 0 Å². The highest BCUT2D eigenvalue weighted by molar-refractivity contribution is 8.00. The number of carbonyl (C=O) groups excluding carboxylic acids is 1. The molecule has 0 fully saturated rings. The van der Waals surface area contributed by atoms with E-state index in [1.165, 1.54) is 11.8 Å². The highest BCUT2D eigenvalue weighted by Crippen LogP contribution is 2.25. The summed E-state index contributed by atoms with van der Waals surface area (Å²) in [5, 5.41) is 11.6. The van der Waals surface area contributed by atoms with E-state index in [1.807, 2.05) is 37.6 Å². The Kier molecular flexibility index (Phi) is 4.73. The van der Waals surface area contributed by atoms with Gasteiger partial charge in [0.05, 0.1) is 5.25 Å². The third kappa shape index (κ3) is 3.16. The van der Waals surface area contributed by atoms with Gasteiger partial charge in [0.2, 0.25) is 5.91 Å². The van der Waals surface area contributed by atoms with Crippen LogP contribution in [0.5, 0.6) is 0 Å². The van der Waals surface area contributed by atoms with Gasteiger partial charge in [0.25, 0.3) is 0 Å². The Morgan fingerprint density at radius 3 is 2.75 bits per heavy atom. The van der Waals surface area contributed by atoms with Gasteiger partial charge in [-0.05, 0) is 26.0 Å². The highest BCUT2D eigenvalue weighted by atomic mass is 32.2. The molecule has 0 radical (unpaired) electrons. The molecule has 2 aromatic rings. The van der Waals surface area contributed by atoms with E-state index < -0.39 is 0 Å². The Bertz CT molecular complexity index is 584. The molecule has 2 heterocycles. The minimum absolute atomic E-state index is 0.00552. The summed E-state index contributed by atoms with van der Waals surface area (Å²) in [7, 11) is 1.89. The lowest BCUT2D eigenvalue weighted by molar-refractivity contribution is -0.120. The van der Waals surface area contributed by atoms with Crippen LogP contribution in [0.1, 0.15) is 13.8 Å². The summed E-state index contributed by atoms with van der Waals surface area (Å²) >= 11 is 1.40. The predicted octanol–water partition coefficient (Wildman–Crippen LogP) is 1.49. The first kappa shape index (κ1) is 14.5. The Balaban J connectivity index is 2.16. The lowest BCUT2D eigenvalue weighted by Crippen LogP contribution is -2.30. The van der Waals surface area contributed by atoms with Crippen molar-refractivity contribution in [2.45, 2.75) is 24.3 Å². The zero-order valence-electron chi connectivity index (χ0n) is 11.7. The molecule has 0 saturated carbocycles. The molecular weight excluding hydrogens is 274 g/mol. The van der Waals surface area contributed by atoms with E-state index in [1.54, 1.807) is 12.4 Å². The molecule has 0 aliphatic heterocycles. The number of rotatable bonds is 5. The smallest absolute Gasteiger partial charge is 0.233 e. The molecule has 1 atom stereocenters. The van der Waals surface area contributed by atoms with Crippen LogP contribution in [-0.4, -0.2) is 37.5 Å². The molecule has 20 heavy (non-hydrogen) atoms. The third-order valence-electron chi connectivity index (χ3n) is 2.78. The van der Waals surface area contributed by atoms with Gasteiger partial charge in [-0.15, -0.1) is 10.2 Å². The van der Waals surface area contributed by atoms with E-state index in [2.05, 4.69) is 20.5 Å². The lowest BCUT2D eigenvalue weighted by Gasteiger charge is -2.10. The second kappa shape index (κ2) is 6.51. The highest BCUT2D eigenvalue weighted by Gasteiger charge is 2.18. The molecule has 0 unspecified atom stereocenters. The number of aromatic nitrogens is 4. The van der Waals surface area contributed by atoms with Crippen molar-refractivity contribution in [3.8, 4) is 11.4 Å². The zero-order valence-corrected chi connectivity index (χ0v) is 12.5. The fourth-order valence-corrected chi connectivity index (χ4v) is 2.54. The minimum atomic E-state index is -0.205. The van der Waals surface area contributed by atoms with E-state index >= 15 is 0 Å². The molecule has 0 aliphatic carbocycles. The van der Waals surface area contributed by atoms with Gasteiger partial charge >= 0.3 is 0 Å². The van der Waals surface area contributed by atoms with Crippen LogP contribution in [-0.2, 0) is 11.8 Å². The summed E-state index contributed by atoms with van der Waals surface area (Å²) in [5.74, 6) is 0.768. The van der Waals surface area contributed by atoms with Gasteiger partial charge in [-0.1, -0.05) is 11.8 Å². The summed E-state index contributed by atoms with van der Waals surface area (Å²) < 4.78 is 1.88. The predicted molar refractivity (Wildman–Crippen MR) is 78.2 cm³/mol. The molecule has 6 nitrogen and oxygen atoms in total. The van der Waals surface area contributed by atoms with Crippen molar-refractivity contribution in [1.29, 1.82) is 0 Å². The normalized spacial score (nSPS) is 12.2. The molecule has 0 aromatic carbocycles. The first-order chi connectivity index (χ1) is 9.63. The molecule has 7 heteroatoms. The topological polar surface area (TPSA) is 72.7 Å². The summed E-state index contributed by atoms with van der Waals surface area (Å²) in [6, 6.07) is 3.76. The molecule has 1 N–H and O–H groups in total. The van der Waals surface area contributed by atoms with Gasteiger partial charge in [0, 0.05) is 31.5 Å². The van der Waals surface area contributed by atoms with E-state index in [4.69, 9.17) is 0 Å². The number of pyridine rings is 1. The Morgan fingerprint density at radius 2 is 2.10 bits per heavy atom. The number of thioether (sulfide) groups is 1. The maximum atomic E-state index is 11.7. The Morgan fingerprint density at radius 1 is 1.40 bits per heavy atom. The van der Waals surface area contributed by atoms with Crippen molar-refractivity contribution in [2.75, 3.05) is 6.54 Å². The number of nitrogens with one attached hydrogen (secondary N) is 1. The molecule has 0 bridgehead atoms. The van der Waals surface area contributed by atoms with Crippen molar-refractivity contribution in [2.24, 2.45) is 7.05 Å². The zero-order chi connectivity index (χ0) is 14.5. The second-order valence-corrected chi connectivity index (χ2v) is 5.56. The fraction of sp³-hybridized carbons (Fsp3) is 0.385. The summed E-state index contributed by atoms with van der Waals surface area (Å²) in [5.41, 5.74) is 0.951. The van der Waals surface area contributed by atoms with Gasteiger partial charge < -0.3 is 9.88 Å². The van der Waals surface area contributed by atoms with Crippen LogP contribution in [0, 0.1) is 0 Å². The maximum Gasteiger partial charge on any atom is 0.233 e. The fourth-order valence-electron chi connectivity index (χ4n) is 1.70. The first-order valence-electron chi connectivity index (χ1n) is 6.37. The number of nitrogens with zero attached hydrogens (tertiary/aromatic N) is 4. The van der Waals surface area contributed by atoms with Crippen molar-refractivity contribution in [1.82, 2.24) is 25.1 Å². The van der Waals surface area contributed by atoms with Gasteiger partial charge in [0.15, 0.2) is 11.0 Å². The second-order valence-electron chi connectivity index (χ2n) is 4.26. The molecule has 0 spiro atoms. The van der Waals surface area contributed by atoms with Crippen LogP contribution in [0.25, 0.3) is 11.4 Å². The summed E-state index contributed by atoms with van der Waals surface area (Å²) in [4.78, 5) is 15.7. The first-order valence-corrected chi connectivity index (χ1v) is 7.25. The molecule has 2 aromatic heterocycles. The molecular formula is C13H17N5OS. The molecule has 2 rings (SSSR count). The van der Waals surface area contributed by atoms with E-state index in [-0.39, 0.29) is 11.2 Å². The van der Waals surface area contributed by atoms with Crippen LogP contribution in [0.3, 0.4) is 0 Å². The SMILES string of the molecule is CCNC(=O)[C@@H](C)Sc1nnc(-c2ccncc2)n1C. The number of hydrogen-bond acceptors (Lipinski definition) is 5. The number of amides is 1. The van der Waals surface area contributed by atoms with Crippen LogP contribution >= 0.6 is 11.8 Å². The number of carbonyl (C=O) groups is 1. The monoisotopic (exact) mass is 291 g/mol. The quantitative estimate of drug-likeness (QED) is 0.845. The standard InChI is InChI=1S/C13H17N5OS/c1-4-15-12(19)9(2)20-13-17-16-11(18(13)3)10-5-7-14-8-6-10/h5-9H,4H2,1-3H3,(H,15,19)/t9-/m1/s1. The van der Waals surface area contributed by atoms with Crippen molar-refractivity contribution < 1.29 is 4.79 Å². The molecule has 1 amide bonds. The van der Waals surface area contributed by atoms with Gasteiger partial charge in [-0.25, -0.2) is 0 Å². The van der Waals surface area contributed by atoms with E-state index in [0.717, 1.165) is 16.5 Å². The molecule has 0 aliphatic rings. The molecule has 0 saturated heterocycles. The minimum Gasteiger partial charge on any atom is -0.355 e. The molecule has 106 valence electrons. The van der Waals surface area contributed by atoms with Crippen molar-refractivity contribution in [3.63, 3.8) is 0 Å². The average molecular weight is 291 g/mol.